The number of halogens is 2. The molecule has 0 heterocycles. The zero-order chi connectivity index (χ0) is 12.8. The Balaban J connectivity index is 2.58. The summed E-state index contributed by atoms with van der Waals surface area (Å²) < 4.78 is 13.3. The van der Waals surface area contributed by atoms with E-state index in [1.807, 2.05) is 13.8 Å². The summed E-state index contributed by atoms with van der Waals surface area (Å²) in [6, 6.07) is 6.43. The maximum Gasteiger partial charge on any atom is 0.224 e. The molecule has 1 atom stereocenters. The lowest BCUT2D eigenvalue weighted by atomic mass is 10.1. The summed E-state index contributed by atoms with van der Waals surface area (Å²) in [5, 5.41) is 3.59. The van der Waals surface area contributed by atoms with Crippen LogP contribution in [0, 0.1) is 11.7 Å². The molecule has 0 bridgehead atoms. The molecule has 1 aromatic rings. The number of benzene rings is 1. The molecule has 0 aliphatic heterocycles. The smallest absolute Gasteiger partial charge is 0.224 e. The van der Waals surface area contributed by atoms with Crippen LogP contribution >= 0.6 is 15.9 Å². The number of carbonyl (C=O) groups is 1. The third kappa shape index (κ3) is 4.46. The van der Waals surface area contributed by atoms with Crippen LogP contribution < -0.4 is 5.32 Å². The number of hydrogen-bond acceptors (Lipinski definition) is 1. The number of alkyl halides is 1. The first-order valence-electron chi connectivity index (χ1n) is 5.63. The molecule has 0 aromatic heterocycles. The summed E-state index contributed by atoms with van der Waals surface area (Å²) in [5.74, 6) is -0.130. The molecule has 0 fully saturated rings. The van der Waals surface area contributed by atoms with Gasteiger partial charge in [0.05, 0.1) is 6.42 Å². The van der Waals surface area contributed by atoms with Gasteiger partial charge in [0.15, 0.2) is 0 Å². The Hall–Kier alpha value is -0.900. The van der Waals surface area contributed by atoms with Crippen LogP contribution in [-0.4, -0.2) is 17.3 Å². The van der Waals surface area contributed by atoms with Gasteiger partial charge in [0, 0.05) is 11.4 Å². The topological polar surface area (TPSA) is 29.1 Å². The molecular weight excluding hydrogens is 285 g/mol. The van der Waals surface area contributed by atoms with Gasteiger partial charge in [-0.05, 0) is 17.5 Å². The second-order valence-electron chi connectivity index (χ2n) is 4.34. The van der Waals surface area contributed by atoms with Gasteiger partial charge in [0.1, 0.15) is 5.82 Å². The summed E-state index contributed by atoms with van der Waals surface area (Å²) >= 11 is 3.36. The molecule has 0 saturated heterocycles. The monoisotopic (exact) mass is 301 g/mol. The quantitative estimate of drug-likeness (QED) is 0.833. The van der Waals surface area contributed by atoms with Crippen molar-refractivity contribution in [3.8, 4) is 0 Å². The van der Waals surface area contributed by atoms with E-state index in [-0.39, 0.29) is 24.2 Å². The minimum absolute atomic E-state index is 0.0780. The molecule has 1 aromatic carbocycles. The van der Waals surface area contributed by atoms with E-state index in [0.717, 1.165) is 0 Å². The lowest BCUT2D eigenvalue weighted by molar-refractivity contribution is -0.121. The van der Waals surface area contributed by atoms with Crippen molar-refractivity contribution in [1.82, 2.24) is 5.32 Å². The second-order valence-corrected chi connectivity index (χ2v) is 4.99. The summed E-state index contributed by atoms with van der Waals surface area (Å²) in [4.78, 5) is 11.7. The summed E-state index contributed by atoms with van der Waals surface area (Å²) in [6.07, 6.45) is 0.0862. The van der Waals surface area contributed by atoms with Gasteiger partial charge >= 0.3 is 0 Å². The molecule has 0 aliphatic carbocycles. The minimum Gasteiger partial charge on any atom is -0.352 e. The highest BCUT2D eigenvalue weighted by atomic mass is 79.9. The Morgan fingerprint density at radius 2 is 2.06 bits per heavy atom. The van der Waals surface area contributed by atoms with E-state index in [4.69, 9.17) is 0 Å². The van der Waals surface area contributed by atoms with Crippen molar-refractivity contribution in [3.63, 3.8) is 0 Å². The molecule has 1 amide bonds. The molecule has 94 valence electrons. The fraction of sp³-hybridized carbons (Fsp3) is 0.462. The first-order valence-corrected chi connectivity index (χ1v) is 6.75. The molecule has 1 N–H and O–H groups in total. The van der Waals surface area contributed by atoms with Gasteiger partial charge in [0.2, 0.25) is 5.91 Å². The van der Waals surface area contributed by atoms with Gasteiger partial charge in [-0.15, -0.1) is 0 Å². The lowest BCUT2D eigenvalue weighted by Gasteiger charge is -2.19. The highest BCUT2D eigenvalue weighted by Crippen LogP contribution is 2.09. The van der Waals surface area contributed by atoms with Crippen molar-refractivity contribution in [3.05, 3.63) is 35.6 Å². The predicted molar refractivity (Wildman–Crippen MR) is 70.7 cm³/mol. The molecule has 1 rings (SSSR count). The average Bonchev–Trinajstić information content (AvgIpc) is 2.28. The van der Waals surface area contributed by atoms with Crippen molar-refractivity contribution in [2.24, 2.45) is 5.92 Å². The largest absolute Gasteiger partial charge is 0.352 e. The van der Waals surface area contributed by atoms with Crippen LogP contribution in [0.25, 0.3) is 0 Å². The fourth-order valence-electron chi connectivity index (χ4n) is 1.46. The number of carbonyl (C=O) groups excluding carboxylic acids is 1. The van der Waals surface area contributed by atoms with Crippen molar-refractivity contribution in [1.29, 1.82) is 0 Å². The van der Waals surface area contributed by atoms with Gasteiger partial charge < -0.3 is 5.32 Å². The van der Waals surface area contributed by atoms with Gasteiger partial charge in [-0.1, -0.05) is 48.0 Å². The Labute approximate surface area is 110 Å². The van der Waals surface area contributed by atoms with Gasteiger partial charge in [0.25, 0.3) is 0 Å². The highest BCUT2D eigenvalue weighted by molar-refractivity contribution is 9.09. The Bertz CT molecular complexity index is 381. The average molecular weight is 302 g/mol. The molecule has 0 spiro atoms. The summed E-state index contributed by atoms with van der Waals surface area (Å²) in [6.45, 7) is 4.07. The summed E-state index contributed by atoms with van der Waals surface area (Å²) in [7, 11) is 0. The van der Waals surface area contributed by atoms with Crippen LogP contribution in [-0.2, 0) is 11.2 Å². The van der Waals surface area contributed by atoms with Crippen molar-refractivity contribution in [2.45, 2.75) is 26.3 Å². The Kier molecular flexibility index (Phi) is 5.62. The molecule has 1 unspecified atom stereocenters. The van der Waals surface area contributed by atoms with E-state index >= 15 is 0 Å². The third-order valence-corrected chi connectivity index (χ3v) is 3.32. The van der Waals surface area contributed by atoms with Crippen LogP contribution in [0.3, 0.4) is 0 Å². The lowest BCUT2D eigenvalue weighted by Crippen LogP contribution is -2.40. The molecule has 2 nitrogen and oxygen atoms in total. The zero-order valence-corrected chi connectivity index (χ0v) is 11.6. The number of nitrogens with one attached hydrogen (secondary N) is 1. The molecule has 0 saturated carbocycles. The number of hydrogen-bond donors (Lipinski definition) is 1. The molecule has 4 heteroatoms. The molecular formula is C13H17BrFNO. The van der Waals surface area contributed by atoms with Gasteiger partial charge in [-0.25, -0.2) is 4.39 Å². The maximum atomic E-state index is 13.3. The van der Waals surface area contributed by atoms with Crippen LogP contribution in [0.5, 0.6) is 0 Å². The van der Waals surface area contributed by atoms with Gasteiger partial charge in [-0.2, -0.15) is 0 Å². The van der Waals surface area contributed by atoms with E-state index in [2.05, 4.69) is 21.2 Å². The molecule has 0 radical (unpaired) electrons. The van der Waals surface area contributed by atoms with E-state index in [1.165, 1.54) is 6.07 Å². The van der Waals surface area contributed by atoms with Crippen LogP contribution in [0.4, 0.5) is 4.39 Å². The normalized spacial score (nSPS) is 12.5. The van der Waals surface area contributed by atoms with Crippen molar-refractivity contribution in [2.75, 3.05) is 5.33 Å². The van der Waals surface area contributed by atoms with Crippen molar-refractivity contribution >= 4 is 21.8 Å². The molecule has 17 heavy (non-hydrogen) atoms. The maximum absolute atomic E-state index is 13.3. The Morgan fingerprint density at radius 1 is 1.41 bits per heavy atom. The van der Waals surface area contributed by atoms with Crippen LogP contribution in [0.2, 0.25) is 0 Å². The van der Waals surface area contributed by atoms with E-state index in [9.17, 15) is 9.18 Å². The van der Waals surface area contributed by atoms with E-state index < -0.39 is 0 Å². The first-order chi connectivity index (χ1) is 8.04. The predicted octanol–water partition coefficient (Wildman–Crippen LogP) is 2.90. The first kappa shape index (κ1) is 14.2. The van der Waals surface area contributed by atoms with Crippen molar-refractivity contribution < 1.29 is 9.18 Å². The standard InChI is InChI=1S/C13H17BrFNO/c1-9(2)12(8-14)16-13(17)7-10-5-3-4-6-11(10)15/h3-6,9,12H,7-8H2,1-2H3,(H,16,17). The molecule has 0 aliphatic rings. The third-order valence-electron chi connectivity index (χ3n) is 2.63. The van der Waals surface area contributed by atoms with E-state index in [1.54, 1.807) is 18.2 Å². The van der Waals surface area contributed by atoms with Gasteiger partial charge in [-0.3, -0.25) is 4.79 Å². The fourth-order valence-corrected chi connectivity index (χ4v) is 2.37. The van der Waals surface area contributed by atoms with Crippen LogP contribution in [0.1, 0.15) is 19.4 Å². The SMILES string of the molecule is CC(C)C(CBr)NC(=O)Cc1ccccc1F. The van der Waals surface area contributed by atoms with Crippen LogP contribution in [0.15, 0.2) is 24.3 Å². The number of rotatable bonds is 5. The zero-order valence-electron chi connectivity index (χ0n) is 10.0. The second kappa shape index (κ2) is 6.74. The Morgan fingerprint density at radius 3 is 2.59 bits per heavy atom. The number of amides is 1. The minimum atomic E-state index is -0.331. The summed E-state index contributed by atoms with van der Waals surface area (Å²) in [5.41, 5.74) is 0.432. The van der Waals surface area contributed by atoms with E-state index in [0.29, 0.717) is 16.8 Å². The highest BCUT2D eigenvalue weighted by Gasteiger charge is 2.15.